The van der Waals surface area contributed by atoms with Crippen LogP contribution in [0.2, 0.25) is 0 Å². The number of carbonyl (C=O) groups excluding carboxylic acids is 2. The minimum Gasteiger partial charge on any atom is -0.490 e. The van der Waals surface area contributed by atoms with Crippen molar-refractivity contribution in [2.24, 2.45) is 5.92 Å². The number of amides is 2. The molecule has 3 atom stereocenters. The molecule has 2 aliphatic heterocycles. The zero-order valence-electron chi connectivity index (χ0n) is 33.1. The van der Waals surface area contributed by atoms with Crippen LogP contribution in [0.1, 0.15) is 82.6 Å². The van der Waals surface area contributed by atoms with Crippen LogP contribution in [0.3, 0.4) is 0 Å². The highest BCUT2D eigenvalue weighted by atomic mass is 16.6. The number of aryl methyl sites for hydroxylation is 1. The molecule has 1 aromatic heterocycles. The second kappa shape index (κ2) is 16.7. The van der Waals surface area contributed by atoms with Gasteiger partial charge >= 0.3 is 5.97 Å². The standard InChI is InChI=1S/C48H49N3O7/c1-29-9-17-38(18-10-29)57-39-19-15-34(16-20-39)45-28-56-43-25-36-24-42(51(27-37(36)26-44(43)58-45)47(53)35-7-5-4-6-8-35)46(52)50-41(48(54)55)23-32-11-13-33(14-12-32)40-21-22-49-31(3)30(40)2/h4-8,11-16,19-22,25-26,29,38,41-42,45H,9-10,17-18,23-24,27-28H2,1-3H3,(H,50,52)(H,54,55)/t29?,38?,41?,42-,45+/m0/s1. The minimum absolute atomic E-state index is 0.0705. The molecule has 4 aromatic carbocycles. The highest BCUT2D eigenvalue weighted by Gasteiger charge is 2.38. The van der Waals surface area contributed by atoms with Gasteiger partial charge in [-0.15, -0.1) is 0 Å². The Bertz CT molecular complexity index is 2290. The van der Waals surface area contributed by atoms with Crippen molar-refractivity contribution in [2.45, 2.75) is 90.1 Å². The zero-order valence-corrected chi connectivity index (χ0v) is 33.1. The Hall–Kier alpha value is -6.16. The molecule has 0 spiro atoms. The zero-order chi connectivity index (χ0) is 40.3. The lowest BCUT2D eigenvalue weighted by Crippen LogP contribution is -2.56. The second-order valence-electron chi connectivity index (χ2n) is 15.9. The van der Waals surface area contributed by atoms with Crippen molar-refractivity contribution >= 4 is 17.8 Å². The number of pyridine rings is 1. The number of carboxylic acid groups (broad SMARTS) is 1. The maximum Gasteiger partial charge on any atom is 0.326 e. The third-order valence-electron chi connectivity index (χ3n) is 11.9. The number of rotatable bonds is 10. The minimum atomic E-state index is -1.22. The van der Waals surface area contributed by atoms with Gasteiger partial charge in [0.15, 0.2) is 17.6 Å². The average molecular weight is 780 g/mol. The van der Waals surface area contributed by atoms with Crippen LogP contribution in [0.25, 0.3) is 11.1 Å². The quantitative estimate of drug-likeness (QED) is 0.145. The molecule has 298 valence electrons. The van der Waals surface area contributed by atoms with Gasteiger partial charge in [-0.05, 0) is 127 Å². The van der Waals surface area contributed by atoms with E-state index in [0.717, 1.165) is 69.1 Å². The van der Waals surface area contributed by atoms with E-state index in [4.69, 9.17) is 14.2 Å². The lowest BCUT2D eigenvalue weighted by Gasteiger charge is -2.37. The van der Waals surface area contributed by atoms with Crippen molar-refractivity contribution in [3.63, 3.8) is 0 Å². The normalized spacial score (nSPS) is 20.4. The third kappa shape index (κ3) is 8.42. The van der Waals surface area contributed by atoms with Crippen LogP contribution in [0.5, 0.6) is 17.2 Å². The van der Waals surface area contributed by atoms with Crippen molar-refractivity contribution in [3.05, 3.63) is 142 Å². The molecule has 1 saturated carbocycles. The predicted molar refractivity (Wildman–Crippen MR) is 220 cm³/mol. The topological polar surface area (TPSA) is 127 Å². The summed E-state index contributed by atoms with van der Waals surface area (Å²) < 4.78 is 19.0. The predicted octanol–water partition coefficient (Wildman–Crippen LogP) is 8.21. The summed E-state index contributed by atoms with van der Waals surface area (Å²) in [6.45, 7) is 6.72. The van der Waals surface area contributed by atoms with Crippen molar-refractivity contribution in [2.75, 3.05) is 6.61 Å². The van der Waals surface area contributed by atoms with Gasteiger partial charge in [-0.2, -0.15) is 0 Å². The fourth-order valence-electron chi connectivity index (χ4n) is 8.29. The average Bonchev–Trinajstić information content (AvgIpc) is 3.24. The molecule has 2 N–H and O–H groups in total. The van der Waals surface area contributed by atoms with Gasteiger partial charge < -0.3 is 29.5 Å². The highest BCUT2D eigenvalue weighted by molar-refractivity contribution is 5.98. The lowest BCUT2D eigenvalue weighted by molar-refractivity contribution is -0.142. The molecule has 1 fully saturated rings. The molecule has 5 aromatic rings. The highest BCUT2D eigenvalue weighted by Crippen LogP contribution is 2.41. The van der Waals surface area contributed by atoms with Gasteiger partial charge in [0, 0.05) is 36.8 Å². The summed E-state index contributed by atoms with van der Waals surface area (Å²) in [5.74, 6) is 0.713. The maximum absolute atomic E-state index is 14.2. The summed E-state index contributed by atoms with van der Waals surface area (Å²) in [5, 5.41) is 13.1. The van der Waals surface area contributed by atoms with Gasteiger partial charge in [0.2, 0.25) is 5.91 Å². The third-order valence-corrected chi connectivity index (χ3v) is 11.9. The maximum atomic E-state index is 14.2. The first-order chi connectivity index (χ1) is 28.1. The van der Waals surface area contributed by atoms with E-state index in [9.17, 15) is 19.5 Å². The molecule has 58 heavy (non-hydrogen) atoms. The first-order valence-corrected chi connectivity index (χ1v) is 20.2. The van der Waals surface area contributed by atoms with Crippen LogP contribution in [0, 0.1) is 19.8 Å². The molecule has 0 bridgehead atoms. The van der Waals surface area contributed by atoms with Gasteiger partial charge in [0.1, 0.15) is 24.4 Å². The van der Waals surface area contributed by atoms with Crippen LogP contribution >= 0.6 is 0 Å². The van der Waals surface area contributed by atoms with E-state index in [1.165, 1.54) is 17.7 Å². The molecular weight excluding hydrogens is 731 g/mol. The number of nitrogens with one attached hydrogen (secondary N) is 1. The number of hydrogen-bond donors (Lipinski definition) is 2. The monoisotopic (exact) mass is 779 g/mol. The number of carboxylic acids is 1. The van der Waals surface area contributed by atoms with Crippen LogP contribution in [0.4, 0.5) is 0 Å². The molecule has 3 aliphatic rings. The fraction of sp³-hybridized carbons (Fsp3) is 0.333. The van der Waals surface area contributed by atoms with Crippen molar-refractivity contribution in [1.29, 1.82) is 0 Å². The Labute approximate surface area is 339 Å². The SMILES string of the molecule is Cc1nccc(-c2ccc(CC(NC(=O)[C@@H]3Cc4cc5c(cc4CN3C(=O)c3ccccc3)O[C@@H](c3ccc(OC4CCC(C)CC4)cc3)CO5)C(=O)O)cc2)c1C. The Morgan fingerprint density at radius 1 is 0.897 bits per heavy atom. The van der Waals surface area contributed by atoms with Crippen LogP contribution in [-0.2, 0) is 29.0 Å². The van der Waals surface area contributed by atoms with E-state index >= 15 is 0 Å². The van der Waals surface area contributed by atoms with Gasteiger partial charge in [0.05, 0.1) is 6.10 Å². The van der Waals surface area contributed by atoms with Gasteiger partial charge in [-0.1, -0.05) is 61.5 Å². The molecule has 2 amide bonds. The van der Waals surface area contributed by atoms with Crippen LogP contribution in [-0.4, -0.2) is 57.6 Å². The van der Waals surface area contributed by atoms with E-state index in [2.05, 4.69) is 17.2 Å². The number of nitrogens with zero attached hydrogens (tertiary/aromatic N) is 2. The molecule has 0 saturated heterocycles. The molecule has 1 unspecified atom stereocenters. The molecule has 8 rings (SSSR count). The molecule has 10 nitrogen and oxygen atoms in total. The summed E-state index contributed by atoms with van der Waals surface area (Å²) in [6.07, 6.45) is 6.48. The Morgan fingerprint density at radius 3 is 2.34 bits per heavy atom. The number of fused-ring (bicyclic) bond motifs is 2. The van der Waals surface area contributed by atoms with Crippen molar-refractivity contribution in [1.82, 2.24) is 15.2 Å². The van der Waals surface area contributed by atoms with Gasteiger partial charge in [-0.3, -0.25) is 14.6 Å². The number of ether oxygens (including phenoxy) is 3. The lowest BCUT2D eigenvalue weighted by atomic mass is 9.89. The van der Waals surface area contributed by atoms with Gasteiger partial charge in [-0.25, -0.2) is 4.79 Å². The van der Waals surface area contributed by atoms with E-state index < -0.39 is 24.0 Å². The number of aromatic nitrogens is 1. The summed E-state index contributed by atoms with van der Waals surface area (Å²) >= 11 is 0. The van der Waals surface area contributed by atoms with Crippen LogP contribution in [0.15, 0.2) is 103 Å². The molecule has 0 radical (unpaired) electrons. The van der Waals surface area contributed by atoms with E-state index in [1.807, 2.05) is 86.6 Å². The summed E-state index contributed by atoms with van der Waals surface area (Å²) in [5.41, 5.74) is 7.89. The Kier molecular flexibility index (Phi) is 11.2. The van der Waals surface area contributed by atoms with E-state index in [1.54, 1.807) is 30.5 Å². The van der Waals surface area contributed by atoms with Crippen LogP contribution < -0.4 is 19.5 Å². The Balaban J connectivity index is 0.988. The number of carbonyl (C=O) groups is 3. The second-order valence-corrected chi connectivity index (χ2v) is 15.9. The number of aliphatic carboxylic acids is 1. The summed E-state index contributed by atoms with van der Waals surface area (Å²) in [6, 6.07) is 28.1. The van der Waals surface area contributed by atoms with Crippen molar-refractivity contribution in [3.8, 4) is 28.4 Å². The number of benzene rings is 4. The Morgan fingerprint density at radius 2 is 1.62 bits per heavy atom. The fourth-order valence-corrected chi connectivity index (χ4v) is 8.29. The molecule has 10 heteroatoms. The largest absolute Gasteiger partial charge is 0.490 e. The molecular formula is C48H49N3O7. The van der Waals surface area contributed by atoms with Crippen molar-refractivity contribution < 1.29 is 33.7 Å². The van der Waals surface area contributed by atoms with E-state index in [-0.39, 0.29) is 37.5 Å². The molecule has 1 aliphatic carbocycles. The first kappa shape index (κ1) is 38.7. The number of hydrogen-bond acceptors (Lipinski definition) is 7. The molecule has 3 heterocycles. The summed E-state index contributed by atoms with van der Waals surface area (Å²) in [4.78, 5) is 46.7. The smallest absolute Gasteiger partial charge is 0.326 e. The van der Waals surface area contributed by atoms with Gasteiger partial charge in [0.25, 0.3) is 5.91 Å². The first-order valence-electron chi connectivity index (χ1n) is 20.2. The van der Waals surface area contributed by atoms with E-state index in [0.29, 0.717) is 23.7 Å². The summed E-state index contributed by atoms with van der Waals surface area (Å²) in [7, 11) is 0.